The Labute approximate surface area is 120 Å². The summed E-state index contributed by atoms with van der Waals surface area (Å²) in [6, 6.07) is 5.27. The van der Waals surface area contributed by atoms with Gasteiger partial charge in [-0.1, -0.05) is 33.6 Å². The molecule has 0 aliphatic heterocycles. The highest BCUT2D eigenvalue weighted by molar-refractivity contribution is 9.10. The Kier molecular flexibility index (Phi) is 4.87. The van der Waals surface area contributed by atoms with E-state index in [0.29, 0.717) is 10.6 Å². The van der Waals surface area contributed by atoms with Crippen molar-refractivity contribution in [2.45, 2.75) is 31.7 Å². The van der Waals surface area contributed by atoms with Crippen molar-refractivity contribution in [3.8, 4) is 0 Å². The van der Waals surface area contributed by atoms with E-state index in [1.54, 1.807) is 18.2 Å². The second kappa shape index (κ2) is 5.59. The maximum absolute atomic E-state index is 11.9. The molecule has 1 amide bonds. The minimum atomic E-state index is -0.783. The van der Waals surface area contributed by atoms with Crippen molar-refractivity contribution in [1.82, 2.24) is 5.32 Å². The molecule has 0 spiro atoms. The molecule has 0 saturated heterocycles. The molecule has 0 heterocycles. The molecule has 1 atom stereocenters. The first-order valence-electron chi connectivity index (χ1n) is 5.12. The Morgan fingerprint density at radius 2 is 2.00 bits per heavy atom. The first kappa shape index (κ1) is 14.8. The fraction of sp³-hybridized carbons (Fsp3) is 0.417. The number of hydrogen-bond donors (Lipinski definition) is 1. The monoisotopic (exact) mass is 337 g/mol. The van der Waals surface area contributed by atoms with Crippen molar-refractivity contribution in [2.75, 3.05) is 0 Å². The highest BCUT2D eigenvalue weighted by atomic mass is 79.9. The summed E-state index contributed by atoms with van der Waals surface area (Å²) in [4.78, 5) is 11.9. The number of amides is 1. The van der Waals surface area contributed by atoms with Crippen LogP contribution >= 0.6 is 39.1 Å². The minimum Gasteiger partial charge on any atom is -0.350 e. The van der Waals surface area contributed by atoms with E-state index >= 15 is 0 Å². The quantitative estimate of drug-likeness (QED) is 0.800. The normalized spacial score (nSPS) is 13.3. The summed E-state index contributed by atoms with van der Waals surface area (Å²) in [7, 11) is 0. The summed E-state index contributed by atoms with van der Waals surface area (Å²) in [5.74, 6) is -0.247. The molecule has 0 fully saturated rings. The zero-order valence-electron chi connectivity index (χ0n) is 9.85. The molecule has 0 saturated carbocycles. The maximum Gasteiger partial charge on any atom is 0.243 e. The molecule has 0 aliphatic rings. The van der Waals surface area contributed by atoms with Gasteiger partial charge >= 0.3 is 0 Å². The van der Waals surface area contributed by atoms with Crippen LogP contribution in [0.2, 0.25) is 5.02 Å². The molecule has 0 bridgehead atoms. The largest absolute Gasteiger partial charge is 0.350 e. The second-order valence-electron chi connectivity index (χ2n) is 4.77. The summed E-state index contributed by atoms with van der Waals surface area (Å²) in [5, 5.41) is 2.51. The standard InChI is InChI=1S/C12H14BrCl2NO/c1-12(2,3)16-11(17)10(15)8-5-4-7(13)6-9(8)14/h4-6,10H,1-3H3,(H,16,17). The first-order valence-corrected chi connectivity index (χ1v) is 6.72. The lowest BCUT2D eigenvalue weighted by atomic mass is 10.1. The Morgan fingerprint density at radius 3 is 2.47 bits per heavy atom. The molecule has 17 heavy (non-hydrogen) atoms. The molecule has 1 aromatic carbocycles. The van der Waals surface area contributed by atoms with Crippen molar-refractivity contribution in [3.05, 3.63) is 33.3 Å². The van der Waals surface area contributed by atoms with Crippen molar-refractivity contribution in [3.63, 3.8) is 0 Å². The van der Waals surface area contributed by atoms with Crippen LogP contribution in [0.15, 0.2) is 22.7 Å². The number of benzene rings is 1. The number of halogens is 3. The van der Waals surface area contributed by atoms with Gasteiger partial charge in [0.05, 0.1) is 0 Å². The highest BCUT2D eigenvalue weighted by Crippen LogP contribution is 2.30. The number of nitrogens with one attached hydrogen (secondary N) is 1. The smallest absolute Gasteiger partial charge is 0.243 e. The topological polar surface area (TPSA) is 29.1 Å². The van der Waals surface area contributed by atoms with Gasteiger partial charge in [-0.05, 0) is 38.5 Å². The molecule has 0 radical (unpaired) electrons. The summed E-state index contributed by atoms with van der Waals surface area (Å²) >= 11 is 15.5. The van der Waals surface area contributed by atoms with Crippen LogP contribution in [-0.2, 0) is 4.79 Å². The summed E-state index contributed by atoms with van der Waals surface area (Å²) in [6.07, 6.45) is 0. The van der Waals surface area contributed by atoms with Gasteiger partial charge in [-0.15, -0.1) is 11.6 Å². The molecule has 2 nitrogen and oxygen atoms in total. The highest BCUT2D eigenvalue weighted by Gasteiger charge is 2.24. The van der Waals surface area contributed by atoms with Gasteiger partial charge in [0, 0.05) is 15.0 Å². The summed E-state index contributed by atoms with van der Waals surface area (Å²) < 4.78 is 0.853. The van der Waals surface area contributed by atoms with Crippen LogP contribution in [-0.4, -0.2) is 11.4 Å². The third kappa shape index (κ3) is 4.49. The van der Waals surface area contributed by atoms with Gasteiger partial charge in [0.25, 0.3) is 0 Å². The zero-order valence-corrected chi connectivity index (χ0v) is 12.9. The van der Waals surface area contributed by atoms with Crippen molar-refractivity contribution in [1.29, 1.82) is 0 Å². The van der Waals surface area contributed by atoms with Crippen molar-refractivity contribution in [2.24, 2.45) is 0 Å². The van der Waals surface area contributed by atoms with Crippen molar-refractivity contribution < 1.29 is 4.79 Å². The van der Waals surface area contributed by atoms with Gasteiger partial charge in [0.1, 0.15) is 5.38 Å². The average molecular weight is 339 g/mol. The average Bonchev–Trinajstić information content (AvgIpc) is 2.14. The molecule has 1 N–H and O–H groups in total. The SMILES string of the molecule is CC(C)(C)NC(=O)C(Cl)c1ccc(Br)cc1Cl. The summed E-state index contributed by atoms with van der Waals surface area (Å²) in [5.41, 5.74) is 0.296. The van der Waals surface area contributed by atoms with E-state index in [4.69, 9.17) is 23.2 Å². The molecule has 1 unspecified atom stereocenters. The molecule has 1 aromatic rings. The number of carbonyl (C=O) groups is 1. The van der Waals surface area contributed by atoms with E-state index in [2.05, 4.69) is 21.2 Å². The van der Waals surface area contributed by atoms with E-state index in [0.717, 1.165) is 4.47 Å². The van der Waals surface area contributed by atoms with Crippen LogP contribution < -0.4 is 5.32 Å². The van der Waals surface area contributed by atoms with Crippen LogP contribution in [0.1, 0.15) is 31.7 Å². The van der Waals surface area contributed by atoms with Crippen LogP contribution in [0.25, 0.3) is 0 Å². The summed E-state index contributed by atoms with van der Waals surface area (Å²) in [6.45, 7) is 5.70. The Hall–Kier alpha value is -0.250. The number of carbonyl (C=O) groups excluding carboxylic acids is 1. The fourth-order valence-electron chi connectivity index (χ4n) is 1.28. The van der Waals surface area contributed by atoms with E-state index in [9.17, 15) is 4.79 Å². The lowest BCUT2D eigenvalue weighted by molar-refractivity contribution is -0.122. The van der Waals surface area contributed by atoms with Gasteiger partial charge in [-0.3, -0.25) is 4.79 Å². The van der Waals surface area contributed by atoms with E-state index in [1.807, 2.05) is 20.8 Å². The van der Waals surface area contributed by atoms with Crippen molar-refractivity contribution >= 4 is 45.0 Å². The lowest BCUT2D eigenvalue weighted by Crippen LogP contribution is -2.42. The molecule has 0 aliphatic carbocycles. The molecule has 5 heteroatoms. The van der Waals surface area contributed by atoms with Gasteiger partial charge < -0.3 is 5.32 Å². The fourth-order valence-corrected chi connectivity index (χ4v) is 2.36. The van der Waals surface area contributed by atoms with Crippen LogP contribution in [0, 0.1) is 0 Å². The minimum absolute atomic E-state index is 0.247. The molecular formula is C12H14BrCl2NO. The van der Waals surface area contributed by atoms with Crippen LogP contribution in [0.4, 0.5) is 0 Å². The van der Waals surface area contributed by atoms with E-state index in [-0.39, 0.29) is 11.4 Å². The Balaban J connectivity index is 2.89. The number of hydrogen-bond acceptors (Lipinski definition) is 1. The lowest BCUT2D eigenvalue weighted by Gasteiger charge is -2.22. The third-order valence-corrected chi connectivity index (χ3v) is 3.22. The van der Waals surface area contributed by atoms with Crippen LogP contribution in [0.3, 0.4) is 0 Å². The maximum atomic E-state index is 11.9. The molecular weight excluding hydrogens is 325 g/mol. The van der Waals surface area contributed by atoms with Gasteiger partial charge in [0.15, 0.2) is 0 Å². The predicted octanol–water partition coefficient (Wildman–Crippen LogP) is 4.30. The number of alkyl halides is 1. The Morgan fingerprint density at radius 1 is 1.41 bits per heavy atom. The molecule has 1 rings (SSSR count). The van der Waals surface area contributed by atoms with Gasteiger partial charge in [-0.2, -0.15) is 0 Å². The van der Waals surface area contributed by atoms with E-state index < -0.39 is 5.38 Å². The Bertz CT molecular complexity index is 429. The van der Waals surface area contributed by atoms with Gasteiger partial charge in [0.2, 0.25) is 5.91 Å². The predicted molar refractivity (Wildman–Crippen MR) is 75.6 cm³/mol. The number of rotatable bonds is 2. The van der Waals surface area contributed by atoms with E-state index in [1.165, 1.54) is 0 Å². The van der Waals surface area contributed by atoms with Gasteiger partial charge in [-0.25, -0.2) is 0 Å². The first-order chi connectivity index (χ1) is 7.70. The molecule has 94 valence electrons. The van der Waals surface area contributed by atoms with Crippen LogP contribution in [0.5, 0.6) is 0 Å². The zero-order chi connectivity index (χ0) is 13.2. The third-order valence-electron chi connectivity index (χ3n) is 1.96. The molecule has 0 aromatic heterocycles. The second-order valence-corrected chi connectivity index (χ2v) is 6.53.